The minimum absolute atomic E-state index is 0.0877. The van der Waals surface area contributed by atoms with Crippen molar-refractivity contribution in [2.24, 2.45) is 0 Å². The topological polar surface area (TPSA) is 57.4 Å². The van der Waals surface area contributed by atoms with Crippen molar-refractivity contribution >= 4 is 43.6 Å². The van der Waals surface area contributed by atoms with Gasteiger partial charge in [0.15, 0.2) is 0 Å². The van der Waals surface area contributed by atoms with E-state index in [1.54, 1.807) is 0 Å². The zero-order valence-corrected chi connectivity index (χ0v) is 39.5. The molecule has 7 aromatic carbocycles. The van der Waals surface area contributed by atoms with Crippen molar-refractivity contribution in [1.82, 2.24) is 9.13 Å². The average Bonchev–Trinajstić information content (AvgIpc) is 3.75. The molecule has 2 heterocycles. The molecule has 0 atom stereocenters. The number of benzene rings is 7. The maximum atomic E-state index is 11.8. The lowest BCUT2D eigenvalue weighted by atomic mass is 9.85. The molecule has 0 unspecified atom stereocenters. The van der Waals surface area contributed by atoms with Gasteiger partial charge >= 0.3 is 0 Å². The largest absolute Gasteiger partial charge is 0.307 e. The summed E-state index contributed by atoms with van der Waals surface area (Å²) in [5.41, 5.74) is 14.2. The number of hydrogen-bond donors (Lipinski definition) is 0. The maximum Gasteiger partial charge on any atom is 0.102 e. The molecule has 9 rings (SSSR count). The molecule has 0 amide bonds. The highest BCUT2D eigenvalue weighted by Gasteiger charge is 2.33. The lowest BCUT2D eigenvalue weighted by molar-refractivity contribution is 0.590. The van der Waals surface area contributed by atoms with Crippen LogP contribution in [0.2, 0.25) is 0 Å². The molecule has 9 aromatic rings. The van der Waals surface area contributed by atoms with Crippen molar-refractivity contribution in [2.45, 2.75) is 105 Å². The lowest BCUT2D eigenvalue weighted by Crippen LogP contribution is -2.12. The smallest absolute Gasteiger partial charge is 0.102 e. The van der Waals surface area contributed by atoms with Crippen LogP contribution in [0.25, 0.3) is 77.2 Å². The second-order valence-electron chi connectivity index (χ2n) is 21.8. The highest BCUT2D eigenvalue weighted by molar-refractivity contribution is 6.14. The number of rotatable bonds is 4. The van der Waals surface area contributed by atoms with Crippen LogP contribution >= 0.6 is 0 Å². The number of nitrogens with zero attached hydrogens (tertiary/aromatic N) is 4. The molecule has 0 bridgehead atoms. The molecule has 0 spiro atoms. The third-order valence-corrected chi connectivity index (χ3v) is 13.2. The summed E-state index contributed by atoms with van der Waals surface area (Å²) >= 11 is 0. The summed E-state index contributed by atoms with van der Waals surface area (Å²) in [6.07, 6.45) is 0. The molecule has 0 aliphatic rings. The molecule has 0 aliphatic heterocycles. The highest BCUT2D eigenvalue weighted by Crippen LogP contribution is 2.50. The number of nitriles is 2. The van der Waals surface area contributed by atoms with Crippen LogP contribution in [0.5, 0.6) is 0 Å². The fourth-order valence-corrected chi connectivity index (χ4v) is 9.56. The fraction of sp³-hybridized carbons (Fsp3) is 0.267. The molecule has 318 valence electrons. The van der Waals surface area contributed by atoms with Gasteiger partial charge < -0.3 is 9.13 Å². The fourth-order valence-electron chi connectivity index (χ4n) is 9.56. The van der Waals surface area contributed by atoms with Crippen molar-refractivity contribution in [2.75, 3.05) is 0 Å². The molecule has 0 radical (unpaired) electrons. The first kappa shape index (κ1) is 42.4. The first-order valence-electron chi connectivity index (χ1n) is 22.6. The summed E-state index contributed by atoms with van der Waals surface area (Å²) in [5, 5.41) is 28.1. The zero-order chi connectivity index (χ0) is 45.7. The monoisotopic (exact) mass is 834 g/mol. The van der Waals surface area contributed by atoms with Crippen LogP contribution < -0.4 is 0 Å². The molecular weight excluding hydrogens is 777 g/mol. The van der Waals surface area contributed by atoms with Gasteiger partial charge in [-0.1, -0.05) is 168 Å². The molecule has 0 N–H and O–H groups in total. The minimum atomic E-state index is -0.0877. The van der Waals surface area contributed by atoms with Gasteiger partial charge in [0.05, 0.1) is 44.6 Å². The molecule has 0 saturated heterocycles. The quantitative estimate of drug-likeness (QED) is 0.177. The molecule has 0 fully saturated rings. The van der Waals surface area contributed by atoms with Gasteiger partial charge in [-0.3, -0.25) is 0 Å². The summed E-state index contributed by atoms with van der Waals surface area (Å²) in [4.78, 5) is 0. The Morgan fingerprint density at radius 2 is 0.609 bits per heavy atom. The van der Waals surface area contributed by atoms with Crippen molar-refractivity contribution < 1.29 is 0 Å². The first-order chi connectivity index (χ1) is 30.2. The summed E-state index contributed by atoms with van der Waals surface area (Å²) in [7, 11) is 0. The van der Waals surface area contributed by atoms with Gasteiger partial charge in [-0.15, -0.1) is 0 Å². The third-order valence-electron chi connectivity index (χ3n) is 13.2. The number of hydrogen-bond acceptors (Lipinski definition) is 2. The Bertz CT molecular complexity index is 3070. The average molecular weight is 835 g/mol. The Hall–Kier alpha value is -6.88. The number of fused-ring (bicyclic) bond motifs is 6. The van der Waals surface area contributed by atoms with E-state index in [1.165, 1.54) is 22.3 Å². The van der Waals surface area contributed by atoms with Gasteiger partial charge in [0.2, 0.25) is 0 Å². The summed E-state index contributed by atoms with van der Waals surface area (Å²) < 4.78 is 4.65. The van der Waals surface area contributed by atoms with Crippen molar-refractivity contribution in [3.63, 3.8) is 0 Å². The second-order valence-corrected chi connectivity index (χ2v) is 21.8. The summed E-state index contributed by atoms with van der Waals surface area (Å²) in [5.74, 6) is 0. The van der Waals surface area contributed by atoms with Gasteiger partial charge in [-0.2, -0.15) is 10.5 Å². The summed E-state index contributed by atoms with van der Waals surface area (Å²) in [6.45, 7) is 27.1. The molecular formula is C60H58N4. The zero-order valence-electron chi connectivity index (χ0n) is 39.5. The highest BCUT2D eigenvalue weighted by atomic mass is 15.0. The van der Waals surface area contributed by atoms with E-state index in [1.807, 2.05) is 36.4 Å². The van der Waals surface area contributed by atoms with Gasteiger partial charge in [0, 0.05) is 32.7 Å². The van der Waals surface area contributed by atoms with Crippen LogP contribution in [-0.4, -0.2) is 9.13 Å². The van der Waals surface area contributed by atoms with Crippen molar-refractivity contribution in [1.29, 1.82) is 10.5 Å². The first-order valence-corrected chi connectivity index (χ1v) is 22.6. The van der Waals surface area contributed by atoms with E-state index >= 15 is 0 Å². The van der Waals surface area contributed by atoms with Gasteiger partial charge in [-0.05, 0) is 104 Å². The van der Waals surface area contributed by atoms with E-state index in [9.17, 15) is 10.5 Å². The Labute approximate surface area is 379 Å². The predicted octanol–water partition coefficient (Wildman–Crippen LogP) is 16.1. The molecule has 4 nitrogen and oxygen atoms in total. The Morgan fingerprint density at radius 1 is 0.344 bits per heavy atom. The normalized spacial score (nSPS) is 12.7. The van der Waals surface area contributed by atoms with E-state index in [0.29, 0.717) is 16.7 Å². The second kappa shape index (κ2) is 14.9. The predicted molar refractivity (Wildman–Crippen MR) is 270 cm³/mol. The molecule has 2 aromatic heterocycles. The van der Waals surface area contributed by atoms with E-state index in [4.69, 9.17) is 0 Å². The van der Waals surface area contributed by atoms with Crippen LogP contribution in [0.1, 0.15) is 116 Å². The Balaban J connectivity index is 1.59. The Kier molecular flexibility index (Phi) is 9.85. The molecule has 0 aliphatic carbocycles. The van der Waals surface area contributed by atoms with Gasteiger partial charge in [-0.25, -0.2) is 0 Å². The van der Waals surface area contributed by atoms with Crippen LogP contribution in [0, 0.1) is 22.7 Å². The van der Waals surface area contributed by atoms with Crippen molar-refractivity contribution in [3.8, 4) is 45.8 Å². The van der Waals surface area contributed by atoms with E-state index in [-0.39, 0.29) is 21.7 Å². The van der Waals surface area contributed by atoms with E-state index in [2.05, 4.69) is 201 Å². The third kappa shape index (κ3) is 6.89. The van der Waals surface area contributed by atoms with Crippen molar-refractivity contribution in [3.05, 3.63) is 167 Å². The Morgan fingerprint density at radius 3 is 0.859 bits per heavy atom. The van der Waals surface area contributed by atoms with Crippen LogP contribution in [0.4, 0.5) is 0 Å². The van der Waals surface area contributed by atoms with Gasteiger partial charge in [0.25, 0.3) is 0 Å². The minimum Gasteiger partial charge on any atom is -0.307 e. The summed E-state index contributed by atoms with van der Waals surface area (Å²) in [6, 6.07) is 53.3. The van der Waals surface area contributed by atoms with Crippen LogP contribution in [-0.2, 0) is 21.7 Å². The number of aromatic nitrogens is 2. The van der Waals surface area contributed by atoms with Gasteiger partial charge in [0.1, 0.15) is 12.1 Å². The molecule has 4 heteroatoms. The molecule has 0 saturated carbocycles. The van der Waals surface area contributed by atoms with Crippen LogP contribution in [0.15, 0.2) is 133 Å². The van der Waals surface area contributed by atoms with E-state index < -0.39 is 0 Å². The SMILES string of the molecule is CC(C)(C)c1ccc2c(c1)c1cc(C(C)(C)C)ccc1n2-c1c(C#N)c(-c2ccccc2)c(C#N)c(-n2c3ccc(C(C)(C)C)cc3c3cc(C(C)(C)C)ccc32)c1-c1ccccc1. The standard InChI is InChI=1S/C60H58N4/c1-57(2,3)39-23-27-49-43(31-39)44-32-40(58(4,5)6)24-28-50(44)63(49)55-47(35-61)53(37-19-15-13-16-20-37)48(36-62)56(54(55)38-21-17-14-18-22-38)64-51-29-25-41(59(7,8)9)33-45(51)46-34-42(60(10,11)12)26-30-52(46)64/h13-34H,1-12H3. The lowest BCUT2D eigenvalue weighted by Gasteiger charge is -2.26. The van der Waals surface area contributed by atoms with E-state index in [0.717, 1.165) is 71.7 Å². The van der Waals surface area contributed by atoms with Crippen LogP contribution in [0.3, 0.4) is 0 Å². The maximum absolute atomic E-state index is 11.8. The molecule has 64 heavy (non-hydrogen) atoms.